The van der Waals surface area contributed by atoms with Crippen LogP contribution in [0, 0.1) is 17.8 Å². The second-order valence-corrected chi connectivity index (χ2v) is 28.4. The zero-order valence-electron chi connectivity index (χ0n) is 53.5. The van der Waals surface area contributed by atoms with E-state index in [2.05, 4.69) is 45.9 Å². The largest absolute Gasteiger partial charge is 0.504 e. The molecule has 2 aliphatic carbocycles. The number of benzene rings is 2. The van der Waals surface area contributed by atoms with Gasteiger partial charge in [-0.3, -0.25) is 38.1 Å². The molecule has 2 aromatic carbocycles. The van der Waals surface area contributed by atoms with E-state index in [4.69, 9.17) is 20.4 Å². The lowest BCUT2D eigenvalue weighted by Gasteiger charge is -2.34. The van der Waals surface area contributed by atoms with E-state index in [1.165, 1.54) is 38.0 Å². The highest BCUT2D eigenvalue weighted by molar-refractivity contribution is 7.81. The number of aliphatic hydroxyl groups excluding tert-OH is 6. The number of hydrogen-bond donors (Lipinski definition) is 14. The summed E-state index contributed by atoms with van der Waals surface area (Å²) in [5.41, 5.74) is 8.04. The monoisotopic (exact) mass is 1390 g/mol. The third-order valence-corrected chi connectivity index (χ3v) is 20.4. The second kappa shape index (κ2) is 31.5. The van der Waals surface area contributed by atoms with Gasteiger partial charge in [0.2, 0.25) is 47.3 Å². The van der Waals surface area contributed by atoms with Crippen molar-refractivity contribution in [3.8, 4) is 33.2 Å². The number of anilines is 1. The number of β-amino-alcohol motifs (C(OH)–C–C–N with tert-alkyl or cyclic N) is 1. The van der Waals surface area contributed by atoms with Gasteiger partial charge in [0, 0.05) is 87.5 Å². The number of phenols is 1. The highest BCUT2D eigenvalue weighted by Gasteiger charge is 2.50. The van der Waals surface area contributed by atoms with Crippen LogP contribution in [0.15, 0.2) is 54.9 Å². The minimum Gasteiger partial charge on any atom is -0.504 e. The molecule has 4 aromatic rings. The van der Waals surface area contributed by atoms with Crippen LogP contribution in [-0.2, 0) is 55.1 Å². The lowest BCUT2D eigenvalue weighted by Crippen LogP contribution is -2.64. The van der Waals surface area contributed by atoms with E-state index in [0.717, 1.165) is 106 Å². The van der Waals surface area contributed by atoms with Crippen molar-refractivity contribution in [3.05, 3.63) is 65.4 Å². The van der Waals surface area contributed by atoms with Crippen LogP contribution in [-0.4, -0.2) is 245 Å². The predicted octanol–water partition coefficient (Wildman–Crippen LogP) is -2.10. The average molecular weight is 1390 g/mol. The van der Waals surface area contributed by atoms with Gasteiger partial charge >= 0.3 is 10.4 Å². The molecule has 528 valence electrons. The Morgan fingerprint density at radius 1 is 0.753 bits per heavy atom. The van der Waals surface area contributed by atoms with Gasteiger partial charge in [-0.15, -0.1) is 10.2 Å². The van der Waals surface area contributed by atoms with Crippen LogP contribution in [0.2, 0.25) is 0 Å². The van der Waals surface area contributed by atoms with E-state index in [9.17, 15) is 82.3 Å². The number of phenolic OH excluding ortho intramolecular Hbond substituents is 1. The zero-order valence-corrected chi connectivity index (χ0v) is 55.2. The first-order valence-electron chi connectivity index (χ1n) is 32.7. The molecule has 10 rings (SSSR count). The van der Waals surface area contributed by atoms with Crippen LogP contribution < -0.4 is 41.4 Å². The molecule has 32 nitrogen and oxygen atoms in total. The summed E-state index contributed by atoms with van der Waals surface area (Å²) >= 11 is 1.51. The van der Waals surface area contributed by atoms with E-state index in [-0.39, 0.29) is 36.6 Å². The Hall–Kier alpha value is -7.64. The fraction of sp³-hybridized carbons (Fsp3) is 0.603. The van der Waals surface area contributed by atoms with Gasteiger partial charge in [-0.1, -0.05) is 48.6 Å². The Bertz CT molecular complexity index is 3570. The molecule has 0 spiro atoms. The fourth-order valence-electron chi connectivity index (χ4n) is 13.2. The van der Waals surface area contributed by atoms with Crippen LogP contribution >= 0.6 is 11.3 Å². The maximum atomic E-state index is 14.7. The Kier molecular flexibility index (Phi) is 23.4. The van der Waals surface area contributed by atoms with E-state index in [1.54, 1.807) is 0 Å². The number of carbonyl (C=O) groups excluding carboxylic acids is 7. The number of nitrogens with one attached hydrogen (secondary N) is 5. The molecule has 97 heavy (non-hydrogen) atoms. The van der Waals surface area contributed by atoms with Gasteiger partial charge in [0.05, 0.1) is 55.2 Å². The van der Waals surface area contributed by atoms with Gasteiger partial charge < -0.3 is 91.7 Å². The number of ether oxygens (including phenoxy) is 1. The summed E-state index contributed by atoms with van der Waals surface area (Å²) < 4.78 is 43.0. The number of piperidine rings is 1. The molecule has 6 aliphatic rings. The summed E-state index contributed by atoms with van der Waals surface area (Å²) in [4.78, 5) is 113. The number of fused-ring (bicyclic) bond motifs is 2. The number of primary amides is 1. The molecule has 34 heteroatoms. The molecule has 0 unspecified atom stereocenters. The van der Waals surface area contributed by atoms with Gasteiger partial charge in [-0.05, 0) is 106 Å². The number of carbonyl (C=O) groups is 7. The number of nitrogens with two attached hydrogens (primary N) is 1. The second-order valence-electron chi connectivity index (χ2n) is 26.4. The van der Waals surface area contributed by atoms with E-state index >= 15 is 0 Å². The van der Waals surface area contributed by atoms with E-state index in [1.807, 2.05) is 36.7 Å². The van der Waals surface area contributed by atoms with Crippen molar-refractivity contribution in [2.75, 3.05) is 50.8 Å². The van der Waals surface area contributed by atoms with Gasteiger partial charge in [0.15, 0.2) is 11.5 Å². The smallest absolute Gasteiger partial charge is 0.446 e. The quantitative estimate of drug-likeness (QED) is 0.0447. The van der Waals surface area contributed by atoms with Crippen molar-refractivity contribution in [1.82, 2.24) is 56.5 Å². The van der Waals surface area contributed by atoms with Gasteiger partial charge in [0.1, 0.15) is 40.2 Å². The molecule has 13 atom stereocenters. The molecule has 6 heterocycles. The van der Waals surface area contributed by atoms with Crippen molar-refractivity contribution < 1.29 is 91.2 Å². The van der Waals surface area contributed by atoms with Crippen LogP contribution in [0.4, 0.5) is 5.95 Å². The third kappa shape index (κ3) is 18.4. The van der Waals surface area contributed by atoms with Crippen LogP contribution in [0.25, 0.3) is 21.7 Å². The summed E-state index contributed by atoms with van der Waals surface area (Å²) in [7, 11) is -5.22. The highest BCUT2D eigenvalue weighted by Crippen LogP contribution is 2.39. The lowest BCUT2D eigenvalue weighted by molar-refractivity contribution is -0.147. The molecule has 0 radical (unpaired) electrons. The summed E-state index contributed by atoms with van der Waals surface area (Å²) in [5, 5.41) is 102. The molecule has 15 N–H and O–H groups in total. The Labute approximate surface area is 563 Å². The molecule has 6 fully saturated rings. The maximum absolute atomic E-state index is 14.7. The first-order valence-corrected chi connectivity index (χ1v) is 34.9. The molecule has 4 saturated heterocycles. The van der Waals surface area contributed by atoms with Gasteiger partial charge in [-0.2, -0.15) is 8.42 Å². The number of aliphatic hydroxyl groups is 6. The number of hydrogen-bond acceptors (Lipinski definition) is 25. The van der Waals surface area contributed by atoms with Crippen LogP contribution in [0.3, 0.4) is 0 Å². The number of aromatic hydroxyl groups is 1. The molecular weight excluding hydrogens is 1310 g/mol. The molecule has 7 amide bonds. The highest BCUT2D eigenvalue weighted by atomic mass is 32.3. The van der Waals surface area contributed by atoms with Crippen LogP contribution in [0.5, 0.6) is 11.5 Å². The third-order valence-electron chi connectivity index (χ3n) is 18.9. The van der Waals surface area contributed by atoms with E-state index in [0.29, 0.717) is 18.8 Å². The van der Waals surface area contributed by atoms with Gasteiger partial charge in [0.25, 0.3) is 0 Å². The van der Waals surface area contributed by atoms with E-state index < -0.39 is 181 Å². The topological polar surface area (TPSA) is 481 Å². The average Bonchev–Trinajstić information content (AvgIpc) is 1.62. The molecule has 2 aromatic heterocycles. The first kappa shape index (κ1) is 72.1. The van der Waals surface area contributed by atoms with Crippen molar-refractivity contribution in [3.63, 3.8) is 0 Å². The number of amides is 7. The molecular formula is C63H85N13O19S2. The zero-order chi connectivity index (χ0) is 69.6. The molecule has 4 aliphatic heterocycles. The Morgan fingerprint density at radius 3 is 2.06 bits per heavy atom. The summed E-state index contributed by atoms with van der Waals surface area (Å²) in [6, 6.07) is -0.257. The van der Waals surface area contributed by atoms with Crippen LogP contribution in [0.1, 0.15) is 101 Å². The normalized spacial score (nSPS) is 28.7. The predicted molar refractivity (Wildman–Crippen MR) is 344 cm³/mol. The lowest BCUT2D eigenvalue weighted by atomic mass is 9.82. The Morgan fingerprint density at radius 2 is 1.40 bits per heavy atom. The van der Waals surface area contributed by atoms with Crippen molar-refractivity contribution >= 4 is 69.0 Å². The number of nitrogens with zero attached hydrogens (tertiary/aromatic N) is 7. The van der Waals surface area contributed by atoms with Crippen molar-refractivity contribution in [2.45, 2.75) is 176 Å². The maximum Gasteiger partial charge on any atom is 0.446 e. The van der Waals surface area contributed by atoms with Crippen molar-refractivity contribution in [2.24, 2.45) is 23.5 Å². The SMILES string of the molecule is C[C@@H](O)[C@@H]1NC(=O)[C@@H](NCC2CCC(c3nnc(-c4ccc(-c5cnc(N6CCC(OCC7CC7)CC6)nc5)cc4)s3)CC2)C[C@@H](O)CNC(=O)[C@@H]2[C@@H](O)[C@@H](C)CN2C(=O)[C@H]([C@H](O)CC(N)=O)NC(=O)[C@H]([C@H](O)Cc2ccc(O)c(OS(=O)(=O)O)c2)NC(=O)[C@@H]2C[C@@H](O)CN2C1=O. The number of rotatable bonds is 19. The standard InChI is InChI=1S/C63H85N13O19S2/c1-31-28-76-53(54(31)84)58(88)66-27-40(78)21-43(65-24-33-5-8-37(9-6-33)59-72-73-60(96-59)38-12-10-36(11-13-38)39-25-67-63(68-26-39)74-17-15-42(16-18-74)94-30-34-3-4-34)55(85)69-50(32(2)77)61(89)75-29-41(79)22-44(75)56(86)70-51(57(87)71-52(62(76)90)47(82)23-49(64)83)46(81)19-35-7-14-45(80)48(20-35)95-97(91,92)93/h7,10-14,20,25-26,31-34,37,40-44,46-47,50-54,65,77-82,84H,3-6,8-9,15-19,21-24,27-30H2,1-2H3,(H2,64,83)(H,66,88)(H,69,85)(H,70,86)(H,71,87)(H,91,92,93)/t31-,32+,33?,37?,40+,41+,43-,44-,46+,47+,50-,51-,52-,53-,54-/m0/s1. The first-order chi connectivity index (χ1) is 46.2. The molecule has 2 saturated carbocycles. The summed E-state index contributed by atoms with van der Waals surface area (Å²) in [6.45, 7) is 3.90. The summed E-state index contributed by atoms with van der Waals surface area (Å²) in [6.07, 6.45) is -2.03. The summed E-state index contributed by atoms with van der Waals surface area (Å²) in [5.74, 6) is -9.15. The Balaban J connectivity index is 0.834. The minimum atomic E-state index is -5.22. The van der Waals surface area contributed by atoms with Crippen molar-refractivity contribution in [1.29, 1.82) is 0 Å². The number of aromatic nitrogens is 4. The fourth-order valence-corrected chi connectivity index (χ4v) is 14.6. The minimum absolute atomic E-state index is 0.0203. The van der Waals surface area contributed by atoms with Gasteiger partial charge in [-0.25, -0.2) is 9.97 Å². The molecule has 0 bridgehead atoms.